The molecule has 0 bridgehead atoms. The summed E-state index contributed by atoms with van der Waals surface area (Å²) in [4.78, 5) is 31.3. The Morgan fingerprint density at radius 2 is 1.79 bits per heavy atom. The van der Waals surface area contributed by atoms with E-state index in [4.69, 9.17) is 5.10 Å². The minimum absolute atomic E-state index is 0.312. The maximum Gasteiger partial charge on any atom is 0.408 e. The Balaban J connectivity index is 1.46. The van der Waals surface area contributed by atoms with Gasteiger partial charge >= 0.3 is 6.09 Å². The van der Waals surface area contributed by atoms with Crippen LogP contribution in [0.1, 0.15) is 18.5 Å². The van der Waals surface area contributed by atoms with Crippen molar-refractivity contribution >= 4 is 12.0 Å². The van der Waals surface area contributed by atoms with Crippen LogP contribution in [0, 0.1) is 17.7 Å². The van der Waals surface area contributed by atoms with Crippen molar-refractivity contribution in [3.63, 3.8) is 0 Å². The Kier molecular flexibility index (Phi) is 5.72. The van der Waals surface area contributed by atoms with Crippen molar-refractivity contribution in [2.75, 3.05) is 13.1 Å². The Morgan fingerprint density at radius 1 is 1.03 bits per heavy atom. The second-order valence-electron chi connectivity index (χ2n) is 8.27. The molecule has 0 spiro atoms. The maximum atomic E-state index is 13.5. The Morgan fingerprint density at radius 3 is 2.53 bits per heavy atom. The second-order valence-corrected chi connectivity index (χ2v) is 8.27. The molecule has 2 amide bonds. The monoisotopic (exact) mass is 459 g/mol. The van der Waals surface area contributed by atoms with Crippen LogP contribution in [0.3, 0.4) is 0 Å². The van der Waals surface area contributed by atoms with Crippen LogP contribution in [0.25, 0.3) is 22.4 Å². The van der Waals surface area contributed by atoms with E-state index in [1.54, 1.807) is 29.4 Å². The number of nitrogens with zero attached hydrogens (tertiary/aromatic N) is 5. The molecule has 8 nitrogen and oxygen atoms in total. The standard InChI is InChI=1S/C25H22FN5O3/c26-19-5-3-18(4-6-19)24-23(17-9-11-27-12-10-17)21-16-29(14-15-31(21)28-24)22(32)8-7-20-2-1-13-30(20)25(33)34/h3-6,9-12,20H,1-2,13-16H2,(H,33,34)/t20-/m1/s1. The minimum Gasteiger partial charge on any atom is -0.465 e. The number of benzene rings is 1. The molecule has 3 aromatic rings. The molecule has 0 radical (unpaired) electrons. The van der Waals surface area contributed by atoms with E-state index in [1.165, 1.54) is 17.0 Å². The Labute approximate surface area is 195 Å². The molecule has 1 N–H and O–H groups in total. The molecule has 1 atom stereocenters. The normalized spacial score (nSPS) is 17.1. The molecule has 0 aliphatic carbocycles. The van der Waals surface area contributed by atoms with Crippen molar-refractivity contribution < 1.29 is 19.1 Å². The van der Waals surface area contributed by atoms with Gasteiger partial charge in [-0.05, 0) is 60.7 Å². The van der Waals surface area contributed by atoms with Gasteiger partial charge in [-0.3, -0.25) is 19.4 Å². The van der Waals surface area contributed by atoms with E-state index < -0.39 is 12.1 Å². The van der Waals surface area contributed by atoms with Gasteiger partial charge in [0.2, 0.25) is 0 Å². The first-order chi connectivity index (χ1) is 16.5. The molecule has 0 saturated carbocycles. The Hall–Kier alpha value is -4.19. The number of hydrogen-bond acceptors (Lipinski definition) is 4. The summed E-state index contributed by atoms with van der Waals surface area (Å²) in [5, 5.41) is 14.1. The highest BCUT2D eigenvalue weighted by Gasteiger charge is 2.29. The van der Waals surface area contributed by atoms with E-state index in [1.807, 2.05) is 16.8 Å². The van der Waals surface area contributed by atoms with Gasteiger partial charge in [0, 0.05) is 36.6 Å². The first-order valence-corrected chi connectivity index (χ1v) is 11.1. The summed E-state index contributed by atoms with van der Waals surface area (Å²) < 4.78 is 15.4. The van der Waals surface area contributed by atoms with Crippen LogP contribution in [-0.4, -0.2) is 60.8 Å². The van der Waals surface area contributed by atoms with Crippen LogP contribution in [0.4, 0.5) is 9.18 Å². The number of carboxylic acid groups (broad SMARTS) is 1. The lowest BCUT2D eigenvalue weighted by Gasteiger charge is -2.27. The molecule has 2 aliphatic heterocycles. The third kappa shape index (κ3) is 4.10. The Bertz CT molecular complexity index is 1290. The first kappa shape index (κ1) is 21.6. The number of pyridine rings is 1. The van der Waals surface area contributed by atoms with Crippen molar-refractivity contribution in [3.8, 4) is 34.2 Å². The van der Waals surface area contributed by atoms with Gasteiger partial charge in [0.15, 0.2) is 0 Å². The minimum atomic E-state index is -1.01. The number of hydrogen-bond donors (Lipinski definition) is 1. The molecular weight excluding hydrogens is 437 g/mol. The van der Waals surface area contributed by atoms with E-state index in [0.717, 1.165) is 28.8 Å². The zero-order valence-corrected chi connectivity index (χ0v) is 18.3. The number of fused-ring (bicyclic) bond motifs is 1. The van der Waals surface area contributed by atoms with Crippen LogP contribution < -0.4 is 0 Å². The first-order valence-electron chi connectivity index (χ1n) is 11.1. The maximum absolute atomic E-state index is 13.5. The summed E-state index contributed by atoms with van der Waals surface area (Å²) in [6.45, 7) is 1.68. The quantitative estimate of drug-likeness (QED) is 0.594. The SMILES string of the molecule is O=C(C#C[C@H]1CCCN1C(=O)O)N1CCn2nc(-c3ccc(F)cc3)c(-c3ccncc3)c2C1. The smallest absolute Gasteiger partial charge is 0.408 e. The van der Waals surface area contributed by atoms with Crippen molar-refractivity contribution in [1.82, 2.24) is 24.6 Å². The van der Waals surface area contributed by atoms with Gasteiger partial charge in [0.25, 0.3) is 5.91 Å². The molecule has 5 rings (SSSR count). The summed E-state index contributed by atoms with van der Waals surface area (Å²) in [6.07, 6.45) is 3.75. The van der Waals surface area contributed by atoms with Gasteiger partial charge in [-0.2, -0.15) is 5.10 Å². The van der Waals surface area contributed by atoms with Gasteiger partial charge in [-0.1, -0.05) is 5.92 Å². The topological polar surface area (TPSA) is 91.6 Å². The van der Waals surface area contributed by atoms with Gasteiger partial charge in [0.05, 0.1) is 24.8 Å². The highest BCUT2D eigenvalue weighted by atomic mass is 19.1. The van der Waals surface area contributed by atoms with Crippen LogP contribution in [0.5, 0.6) is 0 Å². The molecule has 1 fully saturated rings. The number of halogens is 1. The molecule has 34 heavy (non-hydrogen) atoms. The van der Waals surface area contributed by atoms with Crippen LogP contribution in [0.2, 0.25) is 0 Å². The van der Waals surface area contributed by atoms with E-state index in [0.29, 0.717) is 38.3 Å². The average Bonchev–Trinajstić information content (AvgIpc) is 3.48. The number of likely N-dealkylation sites (tertiary alicyclic amines) is 1. The van der Waals surface area contributed by atoms with E-state index in [-0.39, 0.29) is 11.7 Å². The van der Waals surface area contributed by atoms with Gasteiger partial charge in [-0.15, -0.1) is 0 Å². The fraction of sp³-hybridized carbons (Fsp3) is 0.280. The summed E-state index contributed by atoms with van der Waals surface area (Å²) in [6, 6.07) is 9.50. The summed E-state index contributed by atoms with van der Waals surface area (Å²) >= 11 is 0. The molecule has 1 saturated heterocycles. The van der Waals surface area contributed by atoms with Crippen LogP contribution in [-0.2, 0) is 17.9 Å². The molecule has 172 valence electrons. The number of rotatable bonds is 2. The number of aromatic nitrogens is 3. The fourth-order valence-electron chi connectivity index (χ4n) is 4.49. The van der Waals surface area contributed by atoms with Gasteiger partial charge in [-0.25, -0.2) is 9.18 Å². The van der Waals surface area contributed by atoms with E-state index in [9.17, 15) is 19.1 Å². The lowest BCUT2D eigenvalue weighted by atomic mass is 9.99. The molecule has 2 aliphatic rings. The molecule has 4 heterocycles. The highest BCUT2D eigenvalue weighted by Crippen LogP contribution is 2.36. The summed E-state index contributed by atoms with van der Waals surface area (Å²) in [7, 11) is 0. The summed E-state index contributed by atoms with van der Waals surface area (Å²) in [5.41, 5.74) is 4.12. The van der Waals surface area contributed by atoms with Gasteiger partial charge < -0.3 is 10.0 Å². The number of amides is 2. The van der Waals surface area contributed by atoms with Gasteiger partial charge in [0.1, 0.15) is 11.5 Å². The highest BCUT2D eigenvalue weighted by molar-refractivity contribution is 5.94. The lowest BCUT2D eigenvalue weighted by Crippen LogP contribution is -2.38. The van der Waals surface area contributed by atoms with E-state index in [2.05, 4.69) is 16.8 Å². The lowest BCUT2D eigenvalue weighted by molar-refractivity contribution is -0.126. The largest absolute Gasteiger partial charge is 0.465 e. The van der Waals surface area contributed by atoms with Crippen molar-refractivity contribution in [2.45, 2.75) is 32.0 Å². The summed E-state index contributed by atoms with van der Waals surface area (Å²) in [5.74, 6) is 4.86. The molecular formula is C25H22FN5O3. The average molecular weight is 459 g/mol. The second kappa shape index (κ2) is 8.98. The van der Waals surface area contributed by atoms with E-state index >= 15 is 0 Å². The molecule has 0 unspecified atom stereocenters. The zero-order chi connectivity index (χ0) is 23.7. The molecule has 1 aromatic carbocycles. The number of carbonyl (C=O) groups is 2. The number of carbonyl (C=O) groups excluding carboxylic acids is 1. The fourth-order valence-corrected chi connectivity index (χ4v) is 4.49. The third-order valence-corrected chi connectivity index (χ3v) is 6.20. The predicted octanol–water partition coefficient (Wildman–Crippen LogP) is 3.24. The predicted molar refractivity (Wildman–Crippen MR) is 122 cm³/mol. The zero-order valence-electron chi connectivity index (χ0n) is 18.3. The van der Waals surface area contributed by atoms with Crippen molar-refractivity contribution in [1.29, 1.82) is 0 Å². The third-order valence-electron chi connectivity index (χ3n) is 6.20. The van der Waals surface area contributed by atoms with Crippen molar-refractivity contribution in [2.24, 2.45) is 0 Å². The van der Waals surface area contributed by atoms with Crippen LogP contribution >= 0.6 is 0 Å². The molecule has 2 aromatic heterocycles. The van der Waals surface area contributed by atoms with Crippen LogP contribution in [0.15, 0.2) is 48.8 Å². The molecule has 9 heteroatoms. The van der Waals surface area contributed by atoms with Crippen molar-refractivity contribution in [3.05, 3.63) is 60.3 Å².